The van der Waals surface area contributed by atoms with Crippen LogP contribution in [0.3, 0.4) is 0 Å². The molecule has 3 heteroatoms. The van der Waals surface area contributed by atoms with Crippen molar-refractivity contribution in [3.05, 3.63) is 48.0 Å². The van der Waals surface area contributed by atoms with E-state index < -0.39 is 0 Å². The predicted octanol–water partition coefficient (Wildman–Crippen LogP) is 3.97. The highest BCUT2D eigenvalue weighted by atomic mass is 15.3. The SMILES string of the molecule is CCCCc1ccc2n[nH]nc2c1-c1ccccc1. The second-order valence-corrected chi connectivity index (χ2v) is 4.76. The van der Waals surface area contributed by atoms with E-state index in [1.807, 2.05) is 6.07 Å². The van der Waals surface area contributed by atoms with Crippen LogP contribution in [-0.4, -0.2) is 15.4 Å². The molecule has 96 valence electrons. The van der Waals surface area contributed by atoms with Crippen molar-refractivity contribution in [2.45, 2.75) is 26.2 Å². The molecule has 3 rings (SSSR count). The Morgan fingerprint density at radius 3 is 2.63 bits per heavy atom. The third-order valence-corrected chi connectivity index (χ3v) is 3.44. The molecule has 0 saturated heterocycles. The summed E-state index contributed by atoms with van der Waals surface area (Å²) in [6.07, 6.45) is 3.48. The molecule has 0 aliphatic carbocycles. The van der Waals surface area contributed by atoms with Crippen molar-refractivity contribution >= 4 is 11.0 Å². The molecule has 3 nitrogen and oxygen atoms in total. The highest BCUT2D eigenvalue weighted by molar-refractivity contribution is 5.93. The Hall–Kier alpha value is -2.16. The van der Waals surface area contributed by atoms with Crippen molar-refractivity contribution in [2.24, 2.45) is 0 Å². The Labute approximate surface area is 112 Å². The van der Waals surface area contributed by atoms with Crippen LogP contribution in [0.1, 0.15) is 25.3 Å². The summed E-state index contributed by atoms with van der Waals surface area (Å²) in [5.41, 5.74) is 5.70. The van der Waals surface area contributed by atoms with Crippen LogP contribution in [-0.2, 0) is 6.42 Å². The fourth-order valence-electron chi connectivity index (χ4n) is 2.46. The fraction of sp³-hybridized carbons (Fsp3) is 0.250. The summed E-state index contributed by atoms with van der Waals surface area (Å²) in [7, 11) is 0. The molecule has 0 unspecified atom stereocenters. The zero-order chi connectivity index (χ0) is 13.1. The van der Waals surface area contributed by atoms with Gasteiger partial charge >= 0.3 is 0 Å². The molecule has 0 radical (unpaired) electrons. The quantitative estimate of drug-likeness (QED) is 0.762. The van der Waals surface area contributed by atoms with Gasteiger partial charge in [0.25, 0.3) is 0 Å². The molecule has 0 saturated carbocycles. The standard InChI is InChI=1S/C16H17N3/c1-2-3-7-13-10-11-14-16(18-19-17-14)15(13)12-8-5-4-6-9-12/h4-6,8-11H,2-3,7H2,1H3,(H,17,18,19). The van der Waals surface area contributed by atoms with Gasteiger partial charge in [0.15, 0.2) is 0 Å². The predicted molar refractivity (Wildman–Crippen MR) is 77.9 cm³/mol. The first-order chi connectivity index (χ1) is 9.40. The van der Waals surface area contributed by atoms with Crippen molar-refractivity contribution in [3.63, 3.8) is 0 Å². The molecule has 1 aromatic heterocycles. The zero-order valence-corrected chi connectivity index (χ0v) is 11.1. The maximum Gasteiger partial charge on any atom is 0.121 e. The Morgan fingerprint density at radius 1 is 1.00 bits per heavy atom. The van der Waals surface area contributed by atoms with Crippen LogP contribution >= 0.6 is 0 Å². The molecule has 0 aliphatic heterocycles. The number of hydrogen-bond donors (Lipinski definition) is 1. The van der Waals surface area contributed by atoms with Crippen LogP contribution in [0.15, 0.2) is 42.5 Å². The average molecular weight is 251 g/mol. The van der Waals surface area contributed by atoms with E-state index in [1.165, 1.54) is 29.5 Å². The highest BCUT2D eigenvalue weighted by Crippen LogP contribution is 2.30. The lowest BCUT2D eigenvalue weighted by molar-refractivity contribution is 0.796. The minimum atomic E-state index is 0.930. The third kappa shape index (κ3) is 2.24. The smallest absolute Gasteiger partial charge is 0.121 e. The molecule has 0 amide bonds. The van der Waals surface area contributed by atoms with Gasteiger partial charge in [-0.15, -0.1) is 0 Å². The van der Waals surface area contributed by atoms with Gasteiger partial charge in [-0.2, -0.15) is 15.4 Å². The van der Waals surface area contributed by atoms with Crippen LogP contribution in [0.4, 0.5) is 0 Å². The maximum atomic E-state index is 4.33. The van der Waals surface area contributed by atoms with Gasteiger partial charge in [-0.05, 0) is 30.0 Å². The normalized spacial score (nSPS) is 11.0. The summed E-state index contributed by atoms with van der Waals surface area (Å²) >= 11 is 0. The number of rotatable bonds is 4. The van der Waals surface area contributed by atoms with Crippen LogP contribution < -0.4 is 0 Å². The Balaban J connectivity index is 2.20. The van der Waals surface area contributed by atoms with Crippen LogP contribution in [0.25, 0.3) is 22.2 Å². The van der Waals surface area contributed by atoms with E-state index in [4.69, 9.17) is 0 Å². The lowest BCUT2D eigenvalue weighted by atomic mass is 9.95. The minimum absolute atomic E-state index is 0.930. The molecular weight excluding hydrogens is 234 g/mol. The second kappa shape index (κ2) is 5.22. The monoisotopic (exact) mass is 251 g/mol. The van der Waals surface area contributed by atoms with Gasteiger partial charge in [0.05, 0.1) is 0 Å². The molecule has 2 aromatic carbocycles. The van der Waals surface area contributed by atoms with E-state index in [-0.39, 0.29) is 0 Å². The zero-order valence-electron chi connectivity index (χ0n) is 11.1. The van der Waals surface area contributed by atoms with E-state index in [2.05, 4.69) is 58.7 Å². The summed E-state index contributed by atoms with van der Waals surface area (Å²) in [5.74, 6) is 0. The molecule has 19 heavy (non-hydrogen) atoms. The van der Waals surface area contributed by atoms with Crippen LogP contribution in [0.5, 0.6) is 0 Å². The molecule has 0 atom stereocenters. The van der Waals surface area contributed by atoms with Crippen LogP contribution in [0, 0.1) is 0 Å². The number of benzene rings is 2. The number of aromatic nitrogens is 3. The summed E-state index contributed by atoms with van der Waals surface area (Å²) in [5, 5.41) is 11.2. The lowest BCUT2D eigenvalue weighted by Crippen LogP contribution is -1.92. The number of H-pyrrole nitrogens is 1. The average Bonchev–Trinajstić information content (AvgIpc) is 2.93. The Kier molecular flexibility index (Phi) is 3.27. The number of aromatic amines is 1. The summed E-state index contributed by atoms with van der Waals surface area (Å²) < 4.78 is 0. The highest BCUT2D eigenvalue weighted by Gasteiger charge is 2.12. The number of aryl methyl sites for hydroxylation is 1. The first kappa shape index (κ1) is 11.9. The molecular formula is C16H17N3. The number of fused-ring (bicyclic) bond motifs is 1. The molecule has 1 heterocycles. The first-order valence-corrected chi connectivity index (χ1v) is 6.78. The number of nitrogens with zero attached hydrogens (tertiary/aromatic N) is 2. The molecule has 3 aromatic rings. The van der Waals surface area contributed by atoms with Gasteiger partial charge in [0, 0.05) is 5.56 Å². The van der Waals surface area contributed by atoms with Crippen molar-refractivity contribution < 1.29 is 0 Å². The minimum Gasteiger partial charge on any atom is -0.197 e. The Bertz CT molecular complexity index is 671. The van der Waals surface area contributed by atoms with Crippen molar-refractivity contribution in [2.75, 3.05) is 0 Å². The van der Waals surface area contributed by atoms with Gasteiger partial charge in [-0.3, -0.25) is 0 Å². The van der Waals surface area contributed by atoms with Gasteiger partial charge in [-0.25, -0.2) is 0 Å². The molecule has 0 fully saturated rings. The van der Waals surface area contributed by atoms with Crippen LogP contribution in [0.2, 0.25) is 0 Å². The summed E-state index contributed by atoms with van der Waals surface area (Å²) in [4.78, 5) is 0. The second-order valence-electron chi connectivity index (χ2n) is 4.76. The maximum absolute atomic E-state index is 4.33. The van der Waals surface area contributed by atoms with E-state index in [0.717, 1.165) is 17.5 Å². The van der Waals surface area contributed by atoms with Crippen molar-refractivity contribution in [1.29, 1.82) is 0 Å². The number of hydrogen-bond acceptors (Lipinski definition) is 2. The van der Waals surface area contributed by atoms with E-state index >= 15 is 0 Å². The molecule has 0 spiro atoms. The summed E-state index contributed by atoms with van der Waals surface area (Å²) in [6, 6.07) is 14.7. The summed E-state index contributed by atoms with van der Waals surface area (Å²) in [6.45, 7) is 2.22. The third-order valence-electron chi connectivity index (χ3n) is 3.44. The Morgan fingerprint density at radius 2 is 1.84 bits per heavy atom. The fourth-order valence-corrected chi connectivity index (χ4v) is 2.46. The lowest BCUT2D eigenvalue weighted by Gasteiger charge is -2.09. The topological polar surface area (TPSA) is 41.6 Å². The molecule has 0 aliphatic rings. The molecule has 1 N–H and O–H groups in total. The first-order valence-electron chi connectivity index (χ1n) is 6.78. The van der Waals surface area contributed by atoms with Gasteiger partial charge in [-0.1, -0.05) is 49.7 Å². The van der Waals surface area contributed by atoms with E-state index in [0.29, 0.717) is 0 Å². The van der Waals surface area contributed by atoms with Gasteiger partial charge in [0.1, 0.15) is 11.0 Å². The number of nitrogens with one attached hydrogen (secondary N) is 1. The number of unbranched alkanes of at least 4 members (excludes halogenated alkanes) is 1. The molecule has 0 bridgehead atoms. The van der Waals surface area contributed by atoms with Gasteiger partial charge < -0.3 is 0 Å². The largest absolute Gasteiger partial charge is 0.197 e. The van der Waals surface area contributed by atoms with Gasteiger partial charge in [0.2, 0.25) is 0 Å². The van der Waals surface area contributed by atoms with E-state index in [1.54, 1.807) is 0 Å². The van der Waals surface area contributed by atoms with E-state index in [9.17, 15) is 0 Å². The van der Waals surface area contributed by atoms with Crippen molar-refractivity contribution in [1.82, 2.24) is 15.4 Å². The van der Waals surface area contributed by atoms with Crippen molar-refractivity contribution in [3.8, 4) is 11.1 Å².